The van der Waals surface area contributed by atoms with Crippen molar-refractivity contribution in [3.63, 3.8) is 0 Å². The van der Waals surface area contributed by atoms with Gasteiger partial charge in [0.25, 0.3) is 0 Å². The van der Waals surface area contributed by atoms with Crippen molar-refractivity contribution in [1.29, 1.82) is 0 Å². The lowest BCUT2D eigenvalue weighted by Crippen LogP contribution is -2.35. The molecule has 0 saturated carbocycles. The van der Waals surface area contributed by atoms with Gasteiger partial charge >= 0.3 is 14.6 Å². The quantitative estimate of drug-likeness (QED) is 0.465. The highest BCUT2D eigenvalue weighted by atomic mass is 31.2. The lowest BCUT2D eigenvalue weighted by atomic mass is 10.4. The molecule has 0 aliphatic carbocycles. The number of hydrogen-bond donors (Lipinski definition) is 4. The van der Waals surface area contributed by atoms with Crippen molar-refractivity contribution in [2.45, 2.75) is 26.9 Å². The molecule has 1 aliphatic rings. The topological polar surface area (TPSA) is 127 Å². The Morgan fingerprint density at radius 2 is 2.21 bits per heavy atom. The van der Waals surface area contributed by atoms with E-state index in [0.29, 0.717) is 11.5 Å². The summed E-state index contributed by atoms with van der Waals surface area (Å²) in [5.74, 6) is 0.707. The molecular weight excluding hydrogens is 273 g/mol. The van der Waals surface area contributed by atoms with Crippen LogP contribution in [0.2, 0.25) is 0 Å². The van der Waals surface area contributed by atoms with E-state index in [0.717, 1.165) is 0 Å². The fraction of sp³-hybridized carbons (Fsp3) is 0.556. The van der Waals surface area contributed by atoms with Crippen LogP contribution < -0.4 is 11.2 Å². The van der Waals surface area contributed by atoms with E-state index in [1.54, 1.807) is 17.8 Å². The Balaban J connectivity index is 0.000000861. The standard InChI is InChI=1S/C7H12N5O4P.C2H6/c1-4-9-2-5-6(8)10-7(11-12(4)5)15-3-16-17(13)14;1-2/h2,6,13-14H,3,8H2,1H3,(H,10,11);1-2H3. The third-order valence-corrected chi connectivity index (χ3v) is 2.43. The van der Waals surface area contributed by atoms with Crippen molar-refractivity contribution >= 4 is 14.6 Å². The van der Waals surface area contributed by atoms with Gasteiger partial charge in [-0.05, 0) is 6.92 Å². The minimum Gasteiger partial charge on any atom is -0.436 e. The zero-order valence-corrected chi connectivity index (χ0v) is 11.8. The van der Waals surface area contributed by atoms with E-state index in [-0.39, 0.29) is 12.8 Å². The van der Waals surface area contributed by atoms with Gasteiger partial charge in [-0.2, -0.15) is 0 Å². The van der Waals surface area contributed by atoms with Crippen molar-refractivity contribution in [1.82, 2.24) is 9.66 Å². The van der Waals surface area contributed by atoms with Gasteiger partial charge in [0.15, 0.2) is 0 Å². The average Bonchev–Trinajstić information content (AvgIpc) is 2.74. The molecule has 5 N–H and O–H groups in total. The van der Waals surface area contributed by atoms with E-state index in [1.165, 1.54) is 0 Å². The first-order valence-electron chi connectivity index (χ1n) is 5.66. The Morgan fingerprint density at radius 3 is 2.84 bits per heavy atom. The van der Waals surface area contributed by atoms with E-state index in [2.05, 4.69) is 19.9 Å². The molecule has 1 aromatic rings. The van der Waals surface area contributed by atoms with Gasteiger partial charge in [0.2, 0.25) is 6.79 Å². The summed E-state index contributed by atoms with van der Waals surface area (Å²) in [6, 6.07) is 0.128. The molecule has 1 aromatic heterocycles. The lowest BCUT2D eigenvalue weighted by molar-refractivity contribution is 0.0927. The first kappa shape index (κ1) is 15.8. The number of imidazole rings is 1. The number of nitrogens with zero attached hydrogens (tertiary/aromatic N) is 3. The van der Waals surface area contributed by atoms with Crippen LogP contribution in [-0.4, -0.2) is 32.3 Å². The van der Waals surface area contributed by atoms with Crippen molar-refractivity contribution < 1.29 is 19.0 Å². The number of aryl methyl sites for hydroxylation is 1. The van der Waals surface area contributed by atoms with Crippen LogP contribution in [-0.2, 0) is 9.26 Å². The Labute approximate surface area is 112 Å². The average molecular weight is 291 g/mol. The first-order valence-corrected chi connectivity index (χ1v) is 6.82. The van der Waals surface area contributed by atoms with Crippen molar-refractivity contribution in [3.8, 4) is 0 Å². The molecule has 0 bridgehead atoms. The maximum Gasteiger partial charge on any atom is 0.330 e. The van der Waals surface area contributed by atoms with Crippen LogP contribution in [0.15, 0.2) is 11.2 Å². The number of amidine groups is 1. The Hall–Kier alpha value is -1.25. The second kappa shape index (κ2) is 7.37. The molecule has 1 atom stereocenters. The predicted molar refractivity (Wildman–Crippen MR) is 70.4 cm³/mol. The maximum absolute atomic E-state index is 8.52. The number of rotatable bonds is 3. The van der Waals surface area contributed by atoms with E-state index in [1.807, 2.05) is 13.8 Å². The Kier molecular flexibility index (Phi) is 6.13. The third kappa shape index (κ3) is 4.12. The molecule has 19 heavy (non-hydrogen) atoms. The monoisotopic (exact) mass is 291 g/mol. The summed E-state index contributed by atoms with van der Waals surface area (Å²) < 4.78 is 11.1. The van der Waals surface area contributed by atoms with Crippen LogP contribution in [0.4, 0.5) is 0 Å². The summed E-state index contributed by atoms with van der Waals surface area (Å²) in [7, 11) is -2.45. The largest absolute Gasteiger partial charge is 0.436 e. The van der Waals surface area contributed by atoms with Gasteiger partial charge in [-0.15, -0.1) is 0 Å². The van der Waals surface area contributed by atoms with Crippen LogP contribution in [0.5, 0.6) is 0 Å². The highest BCUT2D eigenvalue weighted by Crippen LogP contribution is 2.24. The number of ether oxygens (including phenoxy) is 1. The molecular formula is C9H18N5O4P. The molecule has 0 spiro atoms. The third-order valence-electron chi connectivity index (χ3n) is 2.10. The maximum atomic E-state index is 8.52. The number of hydrogen-bond acceptors (Lipinski definition) is 8. The molecule has 0 amide bonds. The fourth-order valence-electron chi connectivity index (χ4n) is 1.33. The smallest absolute Gasteiger partial charge is 0.330 e. The zero-order valence-electron chi connectivity index (χ0n) is 10.9. The van der Waals surface area contributed by atoms with Crippen molar-refractivity contribution in [3.05, 3.63) is 17.7 Å². The van der Waals surface area contributed by atoms with Gasteiger partial charge in [-0.1, -0.05) is 13.8 Å². The second-order valence-electron chi connectivity index (χ2n) is 3.20. The van der Waals surface area contributed by atoms with Gasteiger partial charge in [-0.25, -0.2) is 20.1 Å². The molecule has 0 radical (unpaired) electrons. The van der Waals surface area contributed by atoms with Crippen LogP contribution in [0.3, 0.4) is 0 Å². The normalized spacial score (nSPS) is 17.0. The fourth-order valence-corrected chi connectivity index (χ4v) is 1.48. The van der Waals surface area contributed by atoms with Crippen LogP contribution in [0.1, 0.15) is 31.5 Å². The number of nitrogens with one attached hydrogen (secondary N) is 1. The highest BCUT2D eigenvalue weighted by Gasteiger charge is 2.21. The van der Waals surface area contributed by atoms with Gasteiger partial charge in [0.1, 0.15) is 12.0 Å². The summed E-state index contributed by atoms with van der Waals surface area (Å²) in [6.07, 6.45) is 1.03. The minimum absolute atomic E-state index is 0.128. The summed E-state index contributed by atoms with van der Waals surface area (Å²) in [5, 5.41) is 0. The molecule has 2 rings (SSSR count). The second-order valence-corrected chi connectivity index (χ2v) is 3.96. The predicted octanol–water partition coefficient (Wildman–Crippen LogP) is 0.290. The zero-order chi connectivity index (χ0) is 14.4. The van der Waals surface area contributed by atoms with E-state index in [9.17, 15) is 0 Å². The number of nitrogens with two attached hydrogens (primary N) is 1. The molecule has 0 fully saturated rings. The summed E-state index contributed by atoms with van der Waals surface area (Å²) in [4.78, 5) is 25.1. The van der Waals surface area contributed by atoms with Gasteiger partial charge in [0, 0.05) is 0 Å². The Bertz CT molecular complexity index is 436. The first-order chi connectivity index (χ1) is 9.08. The van der Waals surface area contributed by atoms with E-state index < -0.39 is 14.8 Å². The molecule has 0 saturated heterocycles. The van der Waals surface area contributed by atoms with Crippen LogP contribution >= 0.6 is 8.60 Å². The van der Waals surface area contributed by atoms with Crippen LogP contribution in [0.25, 0.3) is 0 Å². The molecule has 1 unspecified atom stereocenters. The van der Waals surface area contributed by atoms with Gasteiger partial charge in [-0.3, -0.25) is 4.52 Å². The lowest BCUT2D eigenvalue weighted by Gasteiger charge is -2.22. The molecule has 10 heteroatoms. The molecule has 108 valence electrons. The van der Waals surface area contributed by atoms with E-state index >= 15 is 0 Å². The Morgan fingerprint density at radius 1 is 1.53 bits per heavy atom. The minimum atomic E-state index is -2.45. The number of aromatic nitrogens is 2. The molecule has 0 aromatic carbocycles. The summed E-state index contributed by atoms with van der Waals surface area (Å²) in [5.41, 5.74) is 9.30. The SMILES string of the molecule is CC.Cc1ncc2n1NC(OCOP(O)O)=NC2N. The van der Waals surface area contributed by atoms with E-state index in [4.69, 9.17) is 20.3 Å². The van der Waals surface area contributed by atoms with Gasteiger partial charge in [0.05, 0.1) is 11.9 Å². The van der Waals surface area contributed by atoms with Crippen LogP contribution in [0, 0.1) is 6.92 Å². The molecule has 1 aliphatic heterocycles. The summed E-state index contributed by atoms with van der Waals surface area (Å²) in [6.45, 7) is 5.46. The number of aliphatic imine (C=N–C) groups is 1. The van der Waals surface area contributed by atoms with Crippen molar-refractivity contribution in [2.24, 2.45) is 10.7 Å². The molecule has 9 nitrogen and oxygen atoms in total. The number of fused-ring (bicyclic) bond motifs is 1. The van der Waals surface area contributed by atoms with Crippen molar-refractivity contribution in [2.75, 3.05) is 12.2 Å². The molecule has 2 heterocycles. The highest BCUT2D eigenvalue weighted by molar-refractivity contribution is 7.39. The van der Waals surface area contributed by atoms with Gasteiger partial charge < -0.3 is 20.3 Å². The summed E-state index contributed by atoms with van der Waals surface area (Å²) >= 11 is 0.